The molecule has 2 rings (SSSR count). The molecule has 1 aliphatic heterocycles. The number of carbonyl (C=O) groups is 1. The minimum Gasteiger partial charge on any atom is -0.333 e. The van der Waals surface area contributed by atoms with Gasteiger partial charge in [0.1, 0.15) is 6.29 Å². The van der Waals surface area contributed by atoms with Crippen molar-refractivity contribution in [2.24, 2.45) is 0 Å². The Morgan fingerprint density at radius 1 is 1.44 bits per heavy atom. The lowest BCUT2D eigenvalue weighted by Gasteiger charge is -2.40. The van der Waals surface area contributed by atoms with Crippen molar-refractivity contribution < 1.29 is 4.79 Å². The van der Waals surface area contributed by atoms with Crippen LogP contribution < -0.4 is 10.2 Å². The Hall–Kier alpha value is -1.49. The van der Waals surface area contributed by atoms with E-state index in [1.165, 1.54) is 0 Å². The molecule has 1 aromatic rings. The molecule has 1 fully saturated rings. The van der Waals surface area contributed by atoms with Crippen molar-refractivity contribution >= 4 is 12.2 Å². The lowest BCUT2D eigenvalue weighted by Crippen LogP contribution is -2.56. The van der Waals surface area contributed by atoms with E-state index < -0.39 is 0 Å². The Labute approximate surface area is 108 Å². The number of aromatic nitrogens is 2. The molecule has 1 aliphatic rings. The van der Waals surface area contributed by atoms with Gasteiger partial charge in [0.15, 0.2) is 0 Å². The van der Waals surface area contributed by atoms with Gasteiger partial charge in [0.2, 0.25) is 5.95 Å². The zero-order valence-corrected chi connectivity index (χ0v) is 11.0. The average Bonchev–Trinajstić information content (AvgIpc) is 2.40. The predicted molar refractivity (Wildman–Crippen MR) is 70.7 cm³/mol. The molecular weight excluding hydrogens is 228 g/mol. The van der Waals surface area contributed by atoms with Crippen molar-refractivity contribution in [2.45, 2.75) is 38.8 Å². The first-order valence-electron chi connectivity index (χ1n) is 6.49. The molecule has 5 nitrogen and oxygen atoms in total. The standard InChI is InChI=1S/C13H20N4O/c1-3-12-9-14-6-10(2)17(12)13-15-7-11(4-5-18)8-16-13/h5,7-8,10,12,14H,3-4,6,9H2,1-2H3. The molecule has 2 heterocycles. The summed E-state index contributed by atoms with van der Waals surface area (Å²) in [5, 5.41) is 3.42. The number of anilines is 1. The van der Waals surface area contributed by atoms with Crippen molar-refractivity contribution in [1.82, 2.24) is 15.3 Å². The number of nitrogens with zero attached hydrogens (tertiary/aromatic N) is 3. The fourth-order valence-electron chi connectivity index (χ4n) is 2.40. The highest BCUT2D eigenvalue weighted by Crippen LogP contribution is 2.19. The largest absolute Gasteiger partial charge is 0.333 e. The quantitative estimate of drug-likeness (QED) is 0.799. The highest BCUT2D eigenvalue weighted by atomic mass is 16.1. The summed E-state index contributed by atoms with van der Waals surface area (Å²) in [6.07, 6.45) is 5.82. The molecule has 5 heteroatoms. The SMILES string of the molecule is CCC1CNCC(C)N1c1ncc(CC=O)cn1. The minimum absolute atomic E-state index is 0.384. The Bertz CT molecular complexity index is 392. The number of carbonyl (C=O) groups excluding carboxylic acids is 1. The van der Waals surface area contributed by atoms with E-state index in [9.17, 15) is 4.79 Å². The summed E-state index contributed by atoms with van der Waals surface area (Å²) in [7, 11) is 0. The second-order valence-electron chi connectivity index (χ2n) is 4.74. The third-order valence-electron chi connectivity index (χ3n) is 3.40. The molecule has 0 aromatic carbocycles. The maximum absolute atomic E-state index is 10.4. The highest BCUT2D eigenvalue weighted by Gasteiger charge is 2.28. The first-order chi connectivity index (χ1) is 8.76. The highest BCUT2D eigenvalue weighted by molar-refractivity contribution is 5.54. The molecule has 0 radical (unpaired) electrons. The number of aldehydes is 1. The third-order valence-corrected chi connectivity index (χ3v) is 3.40. The summed E-state index contributed by atoms with van der Waals surface area (Å²) < 4.78 is 0. The molecule has 1 aromatic heterocycles. The summed E-state index contributed by atoms with van der Waals surface area (Å²) >= 11 is 0. The summed E-state index contributed by atoms with van der Waals surface area (Å²) in [5.74, 6) is 0.769. The Morgan fingerprint density at radius 3 is 2.78 bits per heavy atom. The van der Waals surface area contributed by atoms with Gasteiger partial charge in [-0.25, -0.2) is 9.97 Å². The topological polar surface area (TPSA) is 58.1 Å². The molecule has 0 aliphatic carbocycles. The number of hydrogen-bond acceptors (Lipinski definition) is 5. The number of piperazine rings is 1. The fraction of sp³-hybridized carbons (Fsp3) is 0.615. The molecular formula is C13H20N4O. The van der Waals surface area contributed by atoms with E-state index >= 15 is 0 Å². The first kappa shape index (κ1) is 13.0. The molecule has 2 atom stereocenters. The second kappa shape index (κ2) is 5.91. The summed E-state index contributed by atoms with van der Waals surface area (Å²) in [6, 6.07) is 0.825. The summed E-state index contributed by atoms with van der Waals surface area (Å²) in [5.41, 5.74) is 0.865. The van der Waals surface area contributed by atoms with E-state index in [-0.39, 0.29) is 0 Å². The molecule has 0 saturated carbocycles. The van der Waals surface area contributed by atoms with Crippen LogP contribution in [0.4, 0.5) is 5.95 Å². The average molecular weight is 248 g/mol. The molecule has 0 bridgehead atoms. The van der Waals surface area contributed by atoms with Gasteiger partial charge in [-0.2, -0.15) is 0 Å². The van der Waals surface area contributed by atoms with Crippen LogP contribution >= 0.6 is 0 Å². The van der Waals surface area contributed by atoms with E-state index in [4.69, 9.17) is 0 Å². The molecule has 1 N–H and O–H groups in total. The van der Waals surface area contributed by atoms with Crippen molar-refractivity contribution in [3.8, 4) is 0 Å². The van der Waals surface area contributed by atoms with Crippen LogP contribution in [0.3, 0.4) is 0 Å². The smallest absolute Gasteiger partial charge is 0.225 e. The van der Waals surface area contributed by atoms with Crippen LogP contribution in [0.5, 0.6) is 0 Å². The van der Waals surface area contributed by atoms with Crippen molar-refractivity contribution in [3.05, 3.63) is 18.0 Å². The molecule has 98 valence electrons. The van der Waals surface area contributed by atoms with E-state index in [2.05, 4.69) is 34.0 Å². The van der Waals surface area contributed by atoms with Gasteiger partial charge in [-0.05, 0) is 18.9 Å². The number of nitrogens with one attached hydrogen (secondary N) is 1. The van der Waals surface area contributed by atoms with Gasteiger partial charge in [-0.1, -0.05) is 6.92 Å². The lowest BCUT2D eigenvalue weighted by molar-refractivity contribution is -0.107. The van der Waals surface area contributed by atoms with Gasteiger partial charge >= 0.3 is 0 Å². The lowest BCUT2D eigenvalue weighted by atomic mass is 10.1. The monoisotopic (exact) mass is 248 g/mol. The second-order valence-corrected chi connectivity index (χ2v) is 4.74. The van der Waals surface area contributed by atoms with Crippen LogP contribution in [0.15, 0.2) is 12.4 Å². The van der Waals surface area contributed by atoms with Gasteiger partial charge in [0, 0.05) is 44.0 Å². The molecule has 0 spiro atoms. The van der Waals surface area contributed by atoms with E-state index in [1.807, 2.05) is 0 Å². The van der Waals surface area contributed by atoms with Crippen LogP contribution in [-0.4, -0.2) is 41.4 Å². The maximum atomic E-state index is 10.4. The summed E-state index contributed by atoms with van der Waals surface area (Å²) in [4.78, 5) is 21.5. The van der Waals surface area contributed by atoms with Crippen LogP contribution in [-0.2, 0) is 11.2 Å². The fourth-order valence-corrected chi connectivity index (χ4v) is 2.40. The summed E-state index contributed by atoms with van der Waals surface area (Å²) in [6.45, 7) is 6.28. The zero-order chi connectivity index (χ0) is 13.0. The van der Waals surface area contributed by atoms with Gasteiger partial charge < -0.3 is 15.0 Å². The molecule has 2 unspecified atom stereocenters. The van der Waals surface area contributed by atoms with Crippen molar-refractivity contribution in [1.29, 1.82) is 0 Å². The van der Waals surface area contributed by atoms with Gasteiger partial charge in [0.25, 0.3) is 0 Å². The molecule has 18 heavy (non-hydrogen) atoms. The number of hydrogen-bond donors (Lipinski definition) is 1. The van der Waals surface area contributed by atoms with Crippen LogP contribution in [0, 0.1) is 0 Å². The normalized spacial score (nSPS) is 24.0. The maximum Gasteiger partial charge on any atom is 0.225 e. The van der Waals surface area contributed by atoms with Crippen molar-refractivity contribution in [2.75, 3.05) is 18.0 Å². The van der Waals surface area contributed by atoms with Crippen LogP contribution in [0.2, 0.25) is 0 Å². The van der Waals surface area contributed by atoms with E-state index in [0.717, 1.165) is 37.3 Å². The van der Waals surface area contributed by atoms with Crippen LogP contribution in [0.1, 0.15) is 25.8 Å². The minimum atomic E-state index is 0.384. The third kappa shape index (κ3) is 2.67. The van der Waals surface area contributed by atoms with Gasteiger partial charge in [-0.3, -0.25) is 0 Å². The molecule has 1 saturated heterocycles. The van der Waals surface area contributed by atoms with Crippen LogP contribution in [0.25, 0.3) is 0 Å². The van der Waals surface area contributed by atoms with Gasteiger partial charge in [0.05, 0.1) is 0 Å². The van der Waals surface area contributed by atoms with E-state index in [1.54, 1.807) is 12.4 Å². The first-order valence-corrected chi connectivity index (χ1v) is 6.49. The van der Waals surface area contributed by atoms with E-state index in [0.29, 0.717) is 18.5 Å². The Morgan fingerprint density at radius 2 is 2.17 bits per heavy atom. The van der Waals surface area contributed by atoms with Gasteiger partial charge in [-0.15, -0.1) is 0 Å². The Kier molecular flexibility index (Phi) is 4.25. The van der Waals surface area contributed by atoms with Crippen molar-refractivity contribution in [3.63, 3.8) is 0 Å². The predicted octanol–water partition coefficient (Wildman–Crippen LogP) is 0.795. The zero-order valence-electron chi connectivity index (χ0n) is 11.0. The molecule has 0 amide bonds. The number of rotatable bonds is 4. The Balaban J connectivity index is 2.19.